The molecule has 0 saturated carbocycles. The van der Waals surface area contributed by atoms with Crippen molar-refractivity contribution in [1.29, 1.82) is 0 Å². The molecule has 0 N–H and O–H groups in total. The van der Waals surface area contributed by atoms with Crippen LogP contribution in [0.2, 0.25) is 0 Å². The van der Waals surface area contributed by atoms with Crippen LogP contribution in [0.5, 0.6) is 5.75 Å². The molecule has 0 bridgehead atoms. The predicted molar refractivity (Wildman–Crippen MR) is 108 cm³/mol. The Morgan fingerprint density at radius 2 is 1.85 bits per heavy atom. The average molecular weight is 415 g/mol. The van der Waals surface area contributed by atoms with Crippen molar-refractivity contribution in [2.75, 3.05) is 27.3 Å². The predicted octanol–water partition coefficient (Wildman–Crippen LogP) is 4.46. The molecule has 0 unspecified atom stereocenters. The number of carbonyl (C=O) groups is 1. The highest BCUT2D eigenvalue weighted by Gasteiger charge is 2.28. The minimum Gasteiger partial charge on any atom is -0.407 e. The molecule has 0 fully saturated rings. The number of ether oxygens (including phenoxy) is 1. The van der Waals surface area contributed by atoms with Gasteiger partial charge in [-0.25, -0.2) is 9.10 Å². The molecule has 0 aliphatic carbocycles. The molecule has 0 aliphatic rings. The van der Waals surface area contributed by atoms with Crippen LogP contribution < -0.4 is 4.74 Å². The van der Waals surface area contributed by atoms with Gasteiger partial charge < -0.3 is 13.8 Å². The zero-order chi connectivity index (χ0) is 19.2. The minimum absolute atomic E-state index is 0.400. The Kier molecular flexibility index (Phi) is 7.82. The number of fused-ring (bicyclic) bond motifs is 1. The fraction of sp³-hybridized carbons (Fsp3) is 0.375. The normalized spacial score (nSPS) is 11.7. The maximum Gasteiger partial charge on any atom is 0.426 e. The first-order chi connectivity index (χ1) is 12.4. The van der Waals surface area contributed by atoms with Crippen molar-refractivity contribution in [3.05, 3.63) is 36.5 Å². The van der Waals surface area contributed by atoms with Crippen LogP contribution in [0.25, 0.3) is 10.9 Å². The summed E-state index contributed by atoms with van der Waals surface area (Å²) in [6.45, 7) is 1.90. The van der Waals surface area contributed by atoms with E-state index < -0.39 is 12.7 Å². The molecule has 0 saturated heterocycles. The fourth-order valence-electron chi connectivity index (χ4n) is 2.10. The second-order valence-electron chi connectivity index (χ2n) is 5.05. The van der Waals surface area contributed by atoms with Crippen LogP contribution in [0.1, 0.15) is 13.8 Å². The van der Waals surface area contributed by atoms with Crippen LogP contribution in [0.15, 0.2) is 36.5 Å². The van der Waals surface area contributed by atoms with Crippen LogP contribution in [0, 0.1) is 0 Å². The third kappa shape index (κ3) is 5.16. The first-order valence-corrected chi connectivity index (χ1v) is 11.3. The van der Waals surface area contributed by atoms with Crippen LogP contribution >= 0.6 is 18.8 Å². The van der Waals surface area contributed by atoms with E-state index >= 15 is 0 Å². The largest absolute Gasteiger partial charge is 0.426 e. The van der Waals surface area contributed by atoms with Gasteiger partial charge in [0.25, 0.3) is 6.64 Å². The third-order valence-electron chi connectivity index (χ3n) is 3.22. The second kappa shape index (κ2) is 9.64. The van der Waals surface area contributed by atoms with Gasteiger partial charge in [-0.3, -0.25) is 4.98 Å². The van der Waals surface area contributed by atoms with E-state index in [-0.39, 0.29) is 0 Å². The maximum atomic E-state index is 12.5. The van der Waals surface area contributed by atoms with Gasteiger partial charge >= 0.3 is 6.09 Å². The Morgan fingerprint density at radius 3 is 2.50 bits per heavy atom. The van der Waals surface area contributed by atoms with Crippen molar-refractivity contribution < 1.29 is 18.6 Å². The van der Waals surface area contributed by atoms with Crippen molar-refractivity contribution in [1.82, 2.24) is 13.4 Å². The van der Waals surface area contributed by atoms with E-state index in [0.29, 0.717) is 24.5 Å². The van der Waals surface area contributed by atoms with Gasteiger partial charge in [0.1, 0.15) is 5.52 Å². The van der Waals surface area contributed by atoms with Crippen LogP contribution in [0.4, 0.5) is 4.79 Å². The lowest BCUT2D eigenvalue weighted by Gasteiger charge is -2.30. The first kappa shape index (κ1) is 21.1. The summed E-state index contributed by atoms with van der Waals surface area (Å²) in [6, 6.07) is 9.17. The number of aromatic nitrogens is 1. The fourth-order valence-corrected chi connectivity index (χ4v) is 5.48. The number of rotatable bonds is 8. The topological polar surface area (TPSA) is 64.1 Å². The highest BCUT2D eigenvalue weighted by Crippen LogP contribution is 2.55. The molecule has 2 rings (SSSR count). The molecule has 0 atom stereocenters. The summed E-state index contributed by atoms with van der Waals surface area (Å²) in [6.07, 6.45) is 1.11. The maximum absolute atomic E-state index is 12.5. The van der Waals surface area contributed by atoms with E-state index in [2.05, 4.69) is 4.98 Å². The molecular weight excluding hydrogens is 393 g/mol. The Labute approximate surface area is 163 Å². The summed E-state index contributed by atoms with van der Waals surface area (Å²) in [5.41, 5.74) is 0.629. The van der Waals surface area contributed by atoms with E-state index in [1.807, 2.05) is 38.1 Å². The van der Waals surface area contributed by atoms with Crippen LogP contribution in [0.3, 0.4) is 0 Å². The van der Waals surface area contributed by atoms with Gasteiger partial charge in [0.2, 0.25) is 0 Å². The van der Waals surface area contributed by atoms with Gasteiger partial charge in [0.05, 0.1) is 25.3 Å². The lowest BCUT2D eigenvalue weighted by atomic mass is 10.2. The standard InChI is InChI=1S/C16H22N3O4PS2/c1-5-21-24(25,22-6-2)19(4)26-18(3)16(20)23-14-11-7-9-13-10-8-12-17-15(13)14/h7-12H,5-6H2,1-4H3. The molecule has 0 spiro atoms. The van der Waals surface area contributed by atoms with Gasteiger partial charge in [-0.15, -0.1) is 0 Å². The summed E-state index contributed by atoms with van der Waals surface area (Å²) in [5.74, 6) is 0.400. The van der Waals surface area contributed by atoms with Gasteiger partial charge in [-0.05, 0) is 37.8 Å². The second-order valence-corrected chi connectivity index (χ2v) is 10.0. The van der Waals surface area contributed by atoms with Crippen molar-refractivity contribution in [2.24, 2.45) is 0 Å². The van der Waals surface area contributed by atoms with Crippen molar-refractivity contribution in [3.8, 4) is 5.75 Å². The molecule has 1 aromatic carbocycles. The Balaban J connectivity index is 2.08. The summed E-state index contributed by atoms with van der Waals surface area (Å²) >= 11 is 6.59. The number of pyridine rings is 1. The van der Waals surface area contributed by atoms with Gasteiger partial charge in [-0.1, -0.05) is 18.2 Å². The SMILES string of the molecule is CCOP(=S)(OCC)N(C)SN(C)C(=O)Oc1cccc2cccnc12. The number of nitrogens with zero attached hydrogens (tertiary/aromatic N) is 3. The van der Waals surface area contributed by atoms with E-state index in [4.69, 9.17) is 25.6 Å². The molecule has 1 aromatic heterocycles. The minimum atomic E-state index is -2.66. The zero-order valence-electron chi connectivity index (χ0n) is 15.1. The number of amides is 1. The molecule has 26 heavy (non-hydrogen) atoms. The quantitative estimate of drug-likeness (QED) is 0.463. The third-order valence-corrected chi connectivity index (χ3v) is 8.25. The Morgan fingerprint density at radius 1 is 1.19 bits per heavy atom. The van der Waals surface area contributed by atoms with Crippen LogP contribution in [-0.2, 0) is 20.9 Å². The number of hydrogen-bond donors (Lipinski definition) is 0. The molecule has 142 valence electrons. The molecule has 2 aromatic rings. The molecule has 7 nitrogen and oxygen atoms in total. The monoisotopic (exact) mass is 415 g/mol. The average Bonchev–Trinajstić information content (AvgIpc) is 2.62. The van der Waals surface area contributed by atoms with E-state index in [1.165, 1.54) is 4.31 Å². The molecule has 10 heteroatoms. The molecule has 1 amide bonds. The number of benzene rings is 1. The number of carbonyl (C=O) groups excluding carboxylic acids is 1. The molecule has 0 radical (unpaired) electrons. The number of para-hydroxylation sites is 1. The van der Waals surface area contributed by atoms with Crippen molar-refractivity contribution in [3.63, 3.8) is 0 Å². The van der Waals surface area contributed by atoms with Gasteiger partial charge in [0.15, 0.2) is 5.75 Å². The highest BCUT2D eigenvalue weighted by atomic mass is 32.5. The van der Waals surface area contributed by atoms with E-state index in [1.54, 1.807) is 30.4 Å². The van der Waals surface area contributed by atoms with Crippen molar-refractivity contribution >= 4 is 47.6 Å². The van der Waals surface area contributed by atoms with Crippen LogP contribution in [-0.4, -0.2) is 46.8 Å². The number of hydrogen-bond acceptors (Lipinski definition) is 7. The summed E-state index contributed by atoms with van der Waals surface area (Å²) in [4.78, 5) is 16.7. The summed E-state index contributed by atoms with van der Waals surface area (Å²) in [5, 5.41) is 0.897. The lowest BCUT2D eigenvalue weighted by Crippen LogP contribution is -2.27. The Bertz CT molecular complexity index is 793. The smallest absolute Gasteiger partial charge is 0.407 e. The molecular formula is C16H22N3O4PS2. The van der Waals surface area contributed by atoms with Gasteiger partial charge in [0, 0.05) is 25.7 Å². The molecule has 0 aliphatic heterocycles. The summed E-state index contributed by atoms with van der Waals surface area (Å²) in [7, 11) is 3.33. The Hall–Kier alpha value is -1.22. The van der Waals surface area contributed by atoms with Gasteiger partial charge in [-0.2, -0.15) is 4.08 Å². The van der Waals surface area contributed by atoms with Crippen molar-refractivity contribution in [2.45, 2.75) is 13.8 Å². The highest BCUT2D eigenvalue weighted by molar-refractivity contribution is 8.14. The summed E-state index contributed by atoms with van der Waals surface area (Å²) < 4.78 is 19.7. The lowest BCUT2D eigenvalue weighted by molar-refractivity contribution is 0.187. The first-order valence-electron chi connectivity index (χ1n) is 8.02. The van der Waals surface area contributed by atoms with E-state index in [0.717, 1.165) is 17.5 Å². The zero-order valence-corrected chi connectivity index (χ0v) is 17.6. The molecule has 1 heterocycles. The van der Waals surface area contributed by atoms with E-state index in [9.17, 15) is 4.79 Å².